The van der Waals surface area contributed by atoms with Crippen molar-refractivity contribution in [2.24, 2.45) is 4.99 Å². The lowest BCUT2D eigenvalue weighted by molar-refractivity contribution is 0.420. The number of fused-ring (bicyclic) bond motifs is 3. The average molecular weight is 444 g/mol. The maximum absolute atomic E-state index is 5.57. The molecule has 1 atom stereocenters. The number of thiophene rings is 1. The van der Waals surface area contributed by atoms with E-state index in [2.05, 4.69) is 57.9 Å². The van der Waals surface area contributed by atoms with Crippen LogP contribution in [0.4, 0.5) is 0 Å². The summed E-state index contributed by atoms with van der Waals surface area (Å²) in [6.07, 6.45) is 7.78. The number of benzene rings is 1. The molecule has 0 bridgehead atoms. The molecule has 3 aromatic heterocycles. The molecule has 32 heavy (non-hydrogen) atoms. The summed E-state index contributed by atoms with van der Waals surface area (Å²) in [4.78, 5) is 10.9. The summed E-state index contributed by atoms with van der Waals surface area (Å²) in [6.45, 7) is 6.37. The van der Waals surface area contributed by atoms with Crippen LogP contribution in [0.15, 0.2) is 46.1 Å². The SMILES string of the molecule is Cc1sc2c(c1C)C(c1ccc(C3CCC3)cc1)=NC(Cc1ncco1)c1nnc(C)n1-2. The molecule has 0 radical (unpaired) electrons. The summed E-state index contributed by atoms with van der Waals surface area (Å²) in [5.74, 6) is 3.09. The molecule has 1 aliphatic heterocycles. The fourth-order valence-corrected chi connectivity index (χ4v) is 5.91. The number of aliphatic imine (C=N–C) groups is 1. The first-order valence-corrected chi connectivity index (χ1v) is 12.0. The number of nitrogens with zero attached hydrogens (tertiary/aromatic N) is 5. The molecule has 0 N–H and O–H groups in total. The molecule has 0 saturated heterocycles. The van der Waals surface area contributed by atoms with E-state index in [1.54, 1.807) is 23.8 Å². The van der Waals surface area contributed by atoms with Gasteiger partial charge < -0.3 is 4.42 Å². The Balaban J connectivity index is 1.53. The molecule has 162 valence electrons. The number of hydrogen-bond donors (Lipinski definition) is 0. The van der Waals surface area contributed by atoms with Gasteiger partial charge in [0.1, 0.15) is 23.1 Å². The molecule has 1 aliphatic carbocycles. The largest absolute Gasteiger partial charge is 0.449 e. The number of aromatic nitrogens is 4. The first-order valence-electron chi connectivity index (χ1n) is 11.2. The van der Waals surface area contributed by atoms with Gasteiger partial charge in [0.05, 0.1) is 18.3 Å². The van der Waals surface area contributed by atoms with Gasteiger partial charge in [0.15, 0.2) is 11.7 Å². The predicted molar refractivity (Wildman–Crippen MR) is 125 cm³/mol. The third-order valence-corrected chi connectivity index (χ3v) is 8.04. The molecule has 2 aliphatic rings. The van der Waals surface area contributed by atoms with Gasteiger partial charge in [-0.1, -0.05) is 30.7 Å². The van der Waals surface area contributed by atoms with Crippen molar-refractivity contribution in [1.82, 2.24) is 19.7 Å². The van der Waals surface area contributed by atoms with Gasteiger partial charge in [-0.2, -0.15) is 0 Å². The second-order valence-corrected chi connectivity index (χ2v) is 9.98. The lowest BCUT2D eigenvalue weighted by Crippen LogP contribution is -2.11. The standard InChI is InChI=1S/C25H25N5OS/c1-14-15(2)32-25-22(14)23(19-9-7-18(8-10-19)17-5-4-6-17)27-20(13-21-26-11-12-31-21)24-29-28-16(3)30(24)25/h7-12,17,20H,4-6,13H2,1-3H3. The zero-order chi connectivity index (χ0) is 21.8. The first-order chi connectivity index (χ1) is 15.6. The minimum absolute atomic E-state index is 0.226. The minimum atomic E-state index is -0.226. The lowest BCUT2D eigenvalue weighted by atomic mass is 9.80. The summed E-state index contributed by atoms with van der Waals surface area (Å²) in [5, 5.41) is 10.1. The van der Waals surface area contributed by atoms with E-state index in [4.69, 9.17) is 9.41 Å². The van der Waals surface area contributed by atoms with Gasteiger partial charge in [-0.15, -0.1) is 21.5 Å². The highest BCUT2D eigenvalue weighted by Gasteiger charge is 2.32. The van der Waals surface area contributed by atoms with Crippen LogP contribution in [0.1, 0.15) is 75.9 Å². The molecule has 1 saturated carbocycles. The molecule has 4 aromatic rings. The zero-order valence-corrected chi connectivity index (χ0v) is 19.3. The molecular weight excluding hydrogens is 418 g/mol. The van der Waals surface area contributed by atoms with Crippen molar-refractivity contribution in [3.05, 3.63) is 81.4 Å². The van der Waals surface area contributed by atoms with E-state index >= 15 is 0 Å². The Morgan fingerprint density at radius 2 is 1.91 bits per heavy atom. The van der Waals surface area contributed by atoms with Crippen molar-refractivity contribution in [3.63, 3.8) is 0 Å². The normalized spacial score (nSPS) is 18.0. The van der Waals surface area contributed by atoms with Crippen LogP contribution in [0.2, 0.25) is 0 Å². The third-order valence-electron chi connectivity index (χ3n) is 6.85. The number of hydrogen-bond acceptors (Lipinski definition) is 6. The monoisotopic (exact) mass is 443 g/mol. The van der Waals surface area contributed by atoms with Gasteiger partial charge >= 0.3 is 0 Å². The van der Waals surface area contributed by atoms with Crippen LogP contribution >= 0.6 is 11.3 Å². The Labute approximate surface area is 191 Å². The molecule has 0 amide bonds. The molecule has 0 spiro atoms. The lowest BCUT2D eigenvalue weighted by Gasteiger charge is -2.26. The Hall–Kier alpha value is -3.06. The van der Waals surface area contributed by atoms with Crippen LogP contribution in [0.3, 0.4) is 0 Å². The molecule has 7 heteroatoms. The Bertz CT molecular complexity index is 1310. The molecule has 6 nitrogen and oxygen atoms in total. The molecule has 6 rings (SSSR count). The van der Waals surface area contributed by atoms with E-state index in [9.17, 15) is 0 Å². The van der Waals surface area contributed by atoms with Gasteiger partial charge in [0.25, 0.3) is 0 Å². The fourth-order valence-electron chi connectivity index (χ4n) is 4.70. The van der Waals surface area contributed by atoms with E-state index in [1.165, 1.54) is 40.8 Å². The van der Waals surface area contributed by atoms with Gasteiger partial charge in [-0.25, -0.2) is 4.98 Å². The molecular formula is C25H25N5OS. The zero-order valence-electron chi connectivity index (χ0n) is 18.5. The van der Waals surface area contributed by atoms with E-state index in [1.807, 2.05) is 6.92 Å². The third kappa shape index (κ3) is 3.06. The van der Waals surface area contributed by atoms with Gasteiger partial charge in [0.2, 0.25) is 0 Å². The first kappa shape index (κ1) is 19.6. The van der Waals surface area contributed by atoms with Crippen molar-refractivity contribution >= 4 is 17.0 Å². The van der Waals surface area contributed by atoms with Crippen molar-refractivity contribution < 1.29 is 4.42 Å². The van der Waals surface area contributed by atoms with Crippen molar-refractivity contribution in [3.8, 4) is 5.00 Å². The van der Waals surface area contributed by atoms with E-state index in [-0.39, 0.29) is 6.04 Å². The summed E-state index contributed by atoms with van der Waals surface area (Å²) in [7, 11) is 0. The number of aryl methyl sites for hydroxylation is 2. The fraction of sp³-hybridized carbons (Fsp3) is 0.360. The van der Waals surface area contributed by atoms with Gasteiger partial charge in [-0.3, -0.25) is 9.56 Å². The smallest absolute Gasteiger partial charge is 0.196 e. The van der Waals surface area contributed by atoms with Gasteiger partial charge in [-0.05, 0) is 50.7 Å². The Morgan fingerprint density at radius 3 is 2.59 bits per heavy atom. The second-order valence-electron chi connectivity index (χ2n) is 8.78. The van der Waals surface area contributed by atoms with E-state index < -0.39 is 0 Å². The number of oxazole rings is 1. The minimum Gasteiger partial charge on any atom is -0.449 e. The van der Waals surface area contributed by atoms with Crippen LogP contribution < -0.4 is 0 Å². The van der Waals surface area contributed by atoms with Crippen LogP contribution in [0, 0.1) is 20.8 Å². The van der Waals surface area contributed by atoms with Crippen LogP contribution in [0.5, 0.6) is 0 Å². The highest BCUT2D eigenvalue weighted by molar-refractivity contribution is 7.15. The summed E-state index contributed by atoms with van der Waals surface area (Å²) in [5.41, 5.74) is 6.05. The Kier molecular flexibility index (Phi) is 4.61. The molecule has 1 fully saturated rings. The number of rotatable bonds is 4. The predicted octanol–water partition coefficient (Wildman–Crippen LogP) is 5.64. The summed E-state index contributed by atoms with van der Waals surface area (Å²) in [6, 6.07) is 8.83. The molecule has 4 heterocycles. The van der Waals surface area contributed by atoms with E-state index in [0.717, 1.165) is 33.8 Å². The highest BCUT2D eigenvalue weighted by atomic mass is 32.1. The summed E-state index contributed by atoms with van der Waals surface area (Å²) >= 11 is 1.78. The molecule has 1 unspecified atom stereocenters. The summed E-state index contributed by atoms with van der Waals surface area (Å²) < 4.78 is 7.74. The van der Waals surface area contributed by atoms with Crippen LogP contribution in [-0.2, 0) is 6.42 Å². The van der Waals surface area contributed by atoms with E-state index in [0.29, 0.717) is 12.3 Å². The highest BCUT2D eigenvalue weighted by Crippen LogP contribution is 2.40. The van der Waals surface area contributed by atoms with Crippen molar-refractivity contribution in [2.45, 2.75) is 58.4 Å². The maximum Gasteiger partial charge on any atom is 0.196 e. The van der Waals surface area contributed by atoms with Crippen molar-refractivity contribution in [1.29, 1.82) is 0 Å². The van der Waals surface area contributed by atoms with Crippen LogP contribution in [0.25, 0.3) is 5.00 Å². The van der Waals surface area contributed by atoms with Crippen molar-refractivity contribution in [2.75, 3.05) is 0 Å². The Morgan fingerprint density at radius 1 is 1.09 bits per heavy atom. The average Bonchev–Trinajstić information content (AvgIpc) is 3.44. The van der Waals surface area contributed by atoms with Gasteiger partial charge in [0, 0.05) is 16.0 Å². The molecule has 1 aromatic carbocycles. The van der Waals surface area contributed by atoms with Crippen LogP contribution in [-0.4, -0.2) is 25.5 Å². The second kappa shape index (κ2) is 7.52. The maximum atomic E-state index is 5.57. The topological polar surface area (TPSA) is 69.1 Å². The quantitative estimate of drug-likeness (QED) is 0.409.